The Kier molecular flexibility index (Phi) is 8.38. The number of piperidine rings is 3. The van der Waals surface area contributed by atoms with E-state index < -0.39 is 22.1 Å². The third kappa shape index (κ3) is 5.97. The predicted octanol–water partition coefficient (Wildman–Crippen LogP) is 4.43. The van der Waals surface area contributed by atoms with Gasteiger partial charge in [-0.25, -0.2) is 18.2 Å². The maximum absolute atomic E-state index is 13.8. The van der Waals surface area contributed by atoms with Gasteiger partial charge in [0.25, 0.3) is 0 Å². The fraction of sp³-hybridized carbons (Fsp3) is 0.615. The zero-order valence-electron chi connectivity index (χ0n) is 21.1. The van der Waals surface area contributed by atoms with Gasteiger partial charge >= 0.3 is 6.09 Å². The molecule has 37 heavy (non-hydrogen) atoms. The van der Waals surface area contributed by atoms with Gasteiger partial charge in [-0.15, -0.1) is 0 Å². The molecule has 0 aliphatic carbocycles. The third-order valence-electron chi connectivity index (χ3n) is 7.93. The van der Waals surface area contributed by atoms with Crippen LogP contribution in [0.2, 0.25) is 5.02 Å². The summed E-state index contributed by atoms with van der Waals surface area (Å²) in [6, 6.07) is 5.76. The molecule has 4 heterocycles. The van der Waals surface area contributed by atoms with Crippen LogP contribution in [0.5, 0.6) is 0 Å². The van der Waals surface area contributed by atoms with Crippen LogP contribution in [0.15, 0.2) is 41.6 Å². The summed E-state index contributed by atoms with van der Waals surface area (Å²) in [5.41, 5.74) is 0. The summed E-state index contributed by atoms with van der Waals surface area (Å²) in [6.07, 6.45) is 10.8. The lowest BCUT2D eigenvalue weighted by molar-refractivity contribution is 0.0443. The van der Waals surface area contributed by atoms with Crippen LogP contribution in [0.25, 0.3) is 0 Å². The van der Waals surface area contributed by atoms with Gasteiger partial charge < -0.3 is 19.5 Å². The summed E-state index contributed by atoms with van der Waals surface area (Å²) in [5, 5.41) is 0.467. The van der Waals surface area contributed by atoms with Crippen molar-refractivity contribution in [3.8, 4) is 0 Å². The fourth-order valence-electron chi connectivity index (χ4n) is 5.98. The lowest BCUT2D eigenvalue weighted by Gasteiger charge is -2.41. The van der Waals surface area contributed by atoms with Gasteiger partial charge in [-0.2, -0.15) is 4.31 Å². The molecule has 2 unspecified atom stereocenters. The number of amides is 1. The first-order valence-electron chi connectivity index (χ1n) is 13.4. The van der Waals surface area contributed by atoms with Gasteiger partial charge in [0, 0.05) is 36.5 Å². The van der Waals surface area contributed by atoms with E-state index in [2.05, 4.69) is 14.9 Å². The number of halogens is 1. The number of imidazole rings is 1. The second kappa shape index (κ2) is 11.7. The van der Waals surface area contributed by atoms with E-state index in [1.165, 1.54) is 35.7 Å². The first-order chi connectivity index (χ1) is 17.9. The van der Waals surface area contributed by atoms with E-state index in [0.717, 1.165) is 32.4 Å². The lowest BCUT2D eigenvalue weighted by Crippen LogP contribution is -2.50. The van der Waals surface area contributed by atoms with Crippen molar-refractivity contribution >= 4 is 27.7 Å². The molecule has 3 aliphatic heterocycles. The molecule has 3 fully saturated rings. The number of hydrogen-bond acceptors (Lipinski definition) is 6. The molecule has 1 aromatic carbocycles. The van der Waals surface area contributed by atoms with Gasteiger partial charge in [-0.1, -0.05) is 18.0 Å². The molecule has 9 nitrogen and oxygen atoms in total. The molecule has 2 atom stereocenters. The highest BCUT2D eigenvalue weighted by molar-refractivity contribution is 7.89. The number of aromatic amines is 1. The molecule has 5 rings (SSSR count). The predicted molar refractivity (Wildman–Crippen MR) is 141 cm³/mol. The number of aromatic nitrogens is 2. The summed E-state index contributed by atoms with van der Waals surface area (Å²) in [7, 11) is -3.89. The molecule has 2 aromatic rings. The van der Waals surface area contributed by atoms with Crippen molar-refractivity contribution in [2.24, 2.45) is 0 Å². The fourth-order valence-corrected chi connectivity index (χ4v) is 7.93. The average Bonchev–Trinajstić information content (AvgIpc) is 3.47. The van der Waals surface area contributed by atoms with Crippen molar-refractivity contribution in [3.63, 3.8) is 0 Å². The Morgan fingerprint density at radius 2 is 1.73 bits per heavy atom. The minimum atomic E-state index is -3.89. The van der Waals surface area contributed by atoms with E-state index in [0.29, 0.717) is 42.8 Å². The van der Waals surface area contributed by atoms with Gasteiger partial charge in [0.05, 0.1) is 17.0 Å². The Morgan fingerprint density at radius 3 is 2.41 bits per heavy atom. The molecular weight excluding hydrogens is 514 g/mol. The summed E-state index contributed by atoms with van der Waals surface area (Å²) in [6.45, 7) is 3.67. The van der Waals surface area contributed by atoms with Crippen LogP contribution >= 0.6 is 11.6 Å². The standard InChI is InChI=1S/C26H36ClN5O4S/c27-20-7-9-23(10-8-20)37(34,35)32-22(5-4-6-24(32)25-28-13-14-29-25)19-36-26(33)31-17-11-21(12-18-31)30-15-2-1-3-16-30/h7-10,13-14,21-22,24H,1-6,11-12,15-19H2,(H,28,29). The van der Waals surface area contributed by atoms with E-state index in [-0.39, 0.29) is 17.6 Å². The maximum Gasteiger partial charge on any atom is 0.409 e. The third-order valence-corrected chi connectivity index (χ3v) is 10.2. The van der Waals surface area contributed by atoms with Crippen LogP contribution in [0.1, 0.15) is 63.2 Å². The monoisotopic (exact) mass is 549 g/mol. The van der Waals surface area contributed by atoms with Gasteiger partial charge in [0.2, 0.25) is 10.0 Å². The van der Waals surface area contributed by atoms with Crippen molar-refractivity contribution in [1.29, 1.82) is 0 Å². The van der Waals surface area contributed by atoms with Gasteiger partial charge in [0.1, 0.15) is 12.4 Å². The van der Waals surface area contributed by atoms with Crippen molar-refractivity contribution in [2.45, 2.75) is 74.4 Å². The molecule has 11 heteroatoms. The number of nitrogens with one attached hydrogen (secondary N) is 1. The topological polar surface area (TPSA) is 98.8 Å². The normalized spacial score (nSPS) is 24.7. The molecule has 1 aromatic heterocycles. The molecule has 0 radical (unpaired) electrons. The molecule has 3 aliphatic rings. The van der Waals surface area contributed by atoms with Crippen molar-refractivity contribution in [1.82, 2.24) is 24.1 Å². The van der Waals surface area contributed by atoms with Crippen molar-refractivity contribution < 1.29 is 17.9 Å². The van der Waals surface area contributed by atoms with Crippen LogP contribution in [0.3, 0.4) is 0 Å². The van der Waals surface area contributed by atoms with Gasteiger partial charge in [-0.05, 0) is 82.3 Å². The molecule has 0 saturated carbocycles. The Balaban J connectivity index is 1.26. The van der Waals surface area contributed by atoms with Crippen molar-refractivity contribution in [3.05, 3.63) is 47.5 Å². The Hall–Kier alpha value is -2.14. The average molecular weight is 550 g/mol. The smallest absolute Gasteiger partial charge is 0.409 e. The Morgan fingerprint density at radius 1 is 1.00 bits per heavy atom. The number of hydrogen-bond donors (Lipinski definition) is 1. The molecule has 1 amide bonds. The summed E-state index contributed by atoms with van der Waals surface area (Å²) in [5.74, 6) is 0.591. The number of carbonyl (C=O) groups excluding carboxylic acids is 1. The lowest BCUT2D eigenvalue weighted by atomic mass is 9.98. The SMILES string of the molecule is O=C(OCC1CCCC(c2ncc[nH]2)N1S(=O)(=O)c1ccc(Cl)cc1)N1CCC(N2CCCCC2)CC1. The highest BCUT2D eigenvalue weighted by atomic mass is 35.5. The number of carbonyl (C=O) groups is 1. The van der Waals surface area contributed by atoms with E-state index in [1.807, 2.05) is 0 Å². The second-order valence-corrected chi connectivity index (χ2v) is 12.5. The highest BCUT2D eigenvalue weighted by Crippen LogP contribution is 2.38. The van der Waals surface area contributed by atoms with Crippen LogP contribution in [-0.4, -0.2) is 83.5 Å². The first kappa shape index (κ1) is 26.5. The molecular formula is C26H36ClN5O4S. The quantitative estimate of drug-likeness (QED) is 0.572. The molecule has 0 spiro atoms. The number of ether oxygens (including phenoxy) is 1. The van der Waals surface area contributed by atoms with Crippen LogP contribution in [-0.2, 0) is 14.8 Å². The second-order valence-electron chi connectivity index (χ2n) is 10.3. The summed E-state index contributed by atoms with van der Waals surface area (Å²) in [4.78, 5) is 24.9. The molecule has 0 bridgehead atoms. The largest absolute Gasteiger partial charge is 0.448 e. The minimum Gasteiger partial charge on any atom is -0.448 e. The number of benzene rings is 1. The first-order valence-corrected chi connectivity index (χ1v) is 15.2. The Bertz CT molecular complexity index is 1130. The number of H-pyrrole nitrogens is 1. The number of rotatable bonds is 6. The highest BCUT2D eigenvalue weighted by Gasteiger charge is 2.42. The van der Waals surface area contributed by atoms with E-state index in [9.17, 15) is 13.2 Å². The zero-order valence-corrected chi connectivity index (χ0v) is 22.7. The Labute approximate surface area is 224 Å². The van der Waals surface area contributed by atoms with Gasteiger partial charge in [0.15, 0.2) is 0 Å². The van der Waals surface area contributed by atoms with E-state index >= 15 is 0 Å². The number of likely N-dealkylation sites (tertiary alicyclic amines) is 2. The minimum absolute atomic E-state index is 0.00884. The zero-order chi connectivity index (χ0) is 25.8. The van der Waals surface area contributed by atoms with Crippen LogP contribution in [0.4, 0.5) is 4.79 Å². The van der Waals surface area contributed by atoms with Gasteiger partial charge in [-0.3, -0.25) is 0 Å². The van der Waals surface area contributed by atoms with Crippen LogP contribution in [0, 0.1) is 0 Å². The maximum atomic E-state index is 13.8. The molecule has 3 saturated heterocycles. The van der Waals surface area contributed by atoms with E-state index in [1.54, 1.807) is 29.4 Å². The molecule has 202 valence electrons. The molecule has 1 N–H and O–H groups in total. The van der Waals surface area contributed by atoms with Crippen molar-refractivity contribution in [2.75, 3.05) is 32.8 Å². The summed E-state index contributed by atoms with van der Waals surface area (Å²) < 4.78 is 34.9. The number of sulfonamides is 1. The van der Waals surface area contributed by atoms with E-state index in [4.69, 9.17) is 16.3 Å². The van der Waals surface area contributed by atoms with Crippen LogP contribution < -0.4 is 0 Å². The number of nitrogens with zero attached hydrogens (tertiary/aromatic N) is 4. The summed E-state index contributed by atoms with van der Waals surface area (Å²) >= 11 is 6.01.